The second kappa shape index (κ2) is 6.46. The first-order chi connectivity index (χ1) is 9.22. The van der Waals surface area contributed by atoms with Crippen molar-refractivity contribution in [3.05, 3.63) is 47.8 Å². The molecule has 0 saturated heterocycles. The van der Waals surface area contributed by atoms with Gasteiger partial charge in [-0.1, -0.05) is 26.7 Å². The van der Waals surface area contributed by atoms with Gasteiger partial charge in [-0.15, -0.1) is 0 Å². The van der Waals surface area contributed by atoms with Crippen LogP contribution in [0.1, 0.15) is 37.8 Å². The van der Waals surface area contributed by atoms with Crippen molar-refractivity contribution in [1.29, 1.82) is 0 Å². The molecule has 0 atom stereocenters. The van der Waals surface area contributed by atoms with Gasteiger partial charge in [-0.2, -0.15) is 0 Å². The van der Waals surface area contributed by atoms with Crippen molar-refractivity contribution in [3.63, 3.8) is 0 Å². The maximum absolute atomic E-state index is 4.45. The van der Waals surface area contributed by atoms with E-state index in [9.17, 15) is 0 Å². The third-order valence-electron chi connectivity index (χ3n) is 3.68. The average Bonchev–Trinajstić information content (AvgIpc) is 2.45. The number of aryl methyl sites for hydroxylation is 1. The number of aromatic nitrogens is 2. The Kier molecular flexibility index (Phi) is 4.67. The minimum Gasteiger partial charge on any atom is -0.255 e. The quantitative estimate of drug-likeness (QED) is 0.788. The molecule has 0 saturated carbocycles. The molecule has 0 radical (unpaired) electrons. The van der Waals surface area contributed by atoms with Crippen molar-refractivity contribution < 1.29 is 0 Å². The third kappa shape index (κ3) is 3.63. The molecule has 0 unspecified atom stereocenters. The minimum atomic E-state index is 0.765. The van der Waals surface area contributed by atoms with Gasteiger partial charge in [0.2, 0.25) is 0 Å². The maximum atomic E-state index is 4.45. The van der Waals surface area contributed by atoms with E-state index in [-0.39, 0.29) is 0 Å². The van der Waals surface area contributed by atoms with Crippen LogP contribution >= 0.6 is 0 Å². The minimum absolute atomic E-state index is 0.765. The maximum Gasteiger partial charge on any atom is 0.0888 e. The zero-order chi connectivity index (χ0) is 13.7. The standard InChI is InChI=1S/C17H22N2/c1-4-14(5-2)11-15-7-9-19-17(12-15)16-10-13(3)6-8-18-16/h6-10,12,14H,4-5,11H2,1-3H3. The normalized spacial score (nSPS) is 10.9. The molecule has 0 aromatic carbocycles. The first-order valence-electron chi connectivity index (χ1n) is 7.10. The van der Waals surface area contributed by atoms with Gasteiger partial charge in [0, 0.05) is 12.4 Å². The molecule has 2 heteroatoms. The molecule has 0 aliphatic carbocycles. The topological polar surface area (TPSA) is 25.8 Å². The zero-order valence-corrected chi connectivity index (χ0v) is 12.1. The van der Waals surface area contributed by atoms with Crippen LogP contribution < -0.4 is 0 Å². The van der Waals surface area contributed by atoms with Gasteiger partial charge in [-0.25, -0.2) is 0 Å². The fraction of sp³-hybridized carbons (Fsp3) is 0.412. The fourth-order valence-electron chi connectivity index (χ4n) is 2.33. The highest BCUT2D eigenvalue weighted by Crippen LogP contribution is 2.20. The van der Waals surface area contributed by atoms with Crippen molar-refractivity contribution in [2.75, 3.05) is 0 Å². The lowest BCUT2D eigenvalue weighted by Crippen LogP contribution is -2.02. The van der Waals surface area contributed by atoms with E-state index in [2.05, 4.69) is 48.9 Å². The van der Waals surface area contributed by atoms with E-state index in [0.29, 0.717) is 0 Å². The number of pyridine rings is 2. The lowest BCUT2D eigenvalue weighted by atomic mass is 9.94. The van der Waals surface area contributed by atoms with Crippen molar-refractivity contribution in [2.24, 2.45) is 5.92 Å². The Bertz CT molecular complexity index is 530. The predicted molar refractivity (Wildman–Crippen MR) is 80.0 cm³/mol. The number of hydrogen-bond acceptors (Lipinski definition) is 2. The van der Waals surface area contributed by atoms with E-state index >= 15 is 0 Å². The van der Waals surface area contributed by atoms with Gasteiger partial charge in [0.05, 0.1) is 11.4 Å². The largest absolute Gasteiger partial charge is 0.255 e. The van der Waals surface area contributed by atoms with Crippen LogP contribution in [0, 0.1) is 12.8 Å². The zero-order valence-electron chi connectivity index (χ0n) is 12.1. The van der Waals surface area contributed by atoms with Crippen molar-refractivity contribution in [2.45, 2.75) is 40.0 Å². The Balaban J connectivity index is 2.24. The van der Waals surface area contributed by atoms with Crippen LogP contribution in [0.15, 0.2) is 36.7 Å². The van der Waals surface area contributed by atoms with Gasteiger partial charge in [0.15, 0.2) is 0 Å². The van der Waals surface area contributed by atoms with E-state index in [1.54, 1.807) is 0 Å². The van der Waals surface area contributed by atoms with Crippen LogP contribution in [0.4, 0.5) is 0 Å². The number of nitrogens with zero attached hydrogens (tertiary/aromatic N) is 2. The number of hydrogen-bond donors (Lipinski definition) is 0. The molecule has 0 aliphatic rings. The van der Waals surface area contributed by atoms with Crippen LogP contribution in [0.5, 0.6) is 0 Å². The molecule has 100 valence electrons. The summed E-state index contributed by atoms with van der Waals surface area (Å²) in [6.45, 7) is 6.61. The SMILES string of the molecule is CCC(CC)Cc1ccnc(-c2cc(C)ccn2)c1. The van der Waals surface area contributed by atoms with Crippen LogP contribution in [-0.4, -0.2) is 9.97 Å². The molecule has 0 spiro atoms. The number of rotatable bonds is 5. The summed E-state index contributed by atoms with van der Waals surface area (Å²) in [6, 6.07) is 8.40. The van der Waals surface area contributed by atoms with E-state index < -0.39 is 0 Å². The molecule has 2 aromatic heterocycles. The van der Waals surface area contributed by atoms with E-state index in [0.717, 1.165) is 23.7 Å². The molecule has 0 N–H and O–H groups in total. The van der Waals surface area contributed by atoms with Crippen molar-refractivity contribution in [3.8, 4) is 11.4 Å². The van der Waals surface area contributed by atoms with Crippen molar-refractivity contribution >= 4 is 0 Å². The monoisotopic (exact) mass is 254 g/mol. The second-order valence-electron chi connectivity index (χ2n) is 5.15. The van der Waals surface area contributed by atoms with Crippen LogP contribution in [0.2, 0.25) is 0 Å². The lowest BCUT2D eigenvalue weighted by Gasteiger charge is -2.12. The molecule has 0 fully saturated rings. The molecule has 2 heterocycles. The van der Waals surface area contributed by atoms with Crippen LogP contribution in [0.25, 0.3) is 11.4 Å². The molecule has 0 aliphatic heterocycles. The molecule has 2 rings (SSSR count). The summed E-state index contributed by atoms with van der Waals surface area (Å²) >= 11 is 0. The summed E-state index contributed by atoms with van der Waals surface area (Å²) in [5, 5.41) is 0. The molecular formula is C17H22N2. The first kappa shape index (κ1) is 13.7. The lowest BCUT2D eigenvalue weighted by molar-refractivity contribution is 0.490. The molecule has 0 bridgehead atoms. The summed E-state index contributed by atoms with van der Waals surface area (Å²) in [5.41, 5.74) is 4.53. The van der Waals surface area contributed by atoms with Gasteiger partial charge in [-0.3, -0.25) is 9.97 Å². The van der Waals surface area contributed by atoms with Crippen LogP contribution in [-0.2, 0) is 6.42 Å². The van der Waals surface area contributed by atoms with Gasteiger partial charge < -0.3 is 0 Å². The smallest absolute Gasteiger partial charge is 0.0888 e. The van der Waals surface area contributed by atoms with Gasteiger partial charge in [-0.05, 0) is 54.7 Å². The van der Waals surface area contributed by atoms with Crippen molar-refractivity contribution in [1.82, 2.24) is 9.97 Å². The molecule has 2 aromatic rings. The highest BCUT2D eigenvalue weighted by molar-refractivity contribution is 5.55. The fourth-order valence-corrected chi connectivity index (χ4v) is 2.33. The summed E-state index contributed by atoms with van der Waals surface area (Å²) in [5.74, 6) is 0.765. The molecular weight excluding hydrogens is 232 g/mol. The summed E-state index contributed by atoms with van der Waals surface area (Å²) < 4.78 is 0. The van der Waals surface area contributed by atoms with E-state index in [4.69, 9.17) is 0 Å². The first-order valence-corrected chi connectivity index (χ1v) is 7.10. The van der Waals surface area contributed by atoms with Gasteiger partial charge >= 0.3 is 0 Å². The predicted octanol–water partition coefficient (Wildman–Crippen LogP) is 4.43. The van der Waals surface area contributed by atoms with E-state index in [1.165, 1.54) is 24.0 Å². The Hall–Kier alpha value is -1.70. The second-order valence-corrected chi connectivity index (χ2v) is 5.15. The van der Waals surface area contributed by atoms with Crippen LogP contribution in [0.3, 0.4) is 0 Å². The Morgan fingerprint density at radius 3 is 2.21 bits per heavy atom. The Labute approximate surface area is 115 Å². The average molecular weight is 254 g/mol. The Morgan fingerprint density at radius 1 is 0.947 bits per heavy atom. The molecule has 2 nitrogen and oxygen atoms in total. The molecule has 0 amide bonds. The summed E-state index contributed by atoms with van der Waals surface area (Å²) in [6.07, 6.45) is 7.35. The highest BCUT2D eigenvalue weighted by Gasteiger charge is 2.07. The van der Waals surface area contributed by atoms with Gasteiger partial charge in [0.25, 0.3) is 0 Å². The highest BCUT2D eigenvalue weighted by atomic mass is 14.8. The summed E-state index contributed by atoms with van der Waals surface area (Å²) in [4.78, 5) is 8.86. The summed E-state index contributed by atoms with van der Waals surface area (Å²) in [7, 11) is 0. The third-order valence-corrected chi connectivity index (χ3v) is 3.68. The Morgan fingerprint density at radius 2 is 1.58 bits per heavy atom. The van der Waals surface area contributed by atoms with E-state index in [1.807, 2.05) is 18.5 Å². The van der Waals surface area contributed by atoms with Gasteiger partial charge in [0.1, 0.15) is 0 Å². The molecule has 19 heavy (non-hydrogen) atoms.